The highest BCUT2D eigenvalue weighted by atomic mass is 28.4. The van der Waals surface area contributed by atoms with Gasteiger partial charge in [-0.1, -0.05) is 20.8 Å². The highest BCUT2D eigenvalue weighted by molar-refractivity contribution is 6.74. The van der Waals surface area contributed by atoms with E-state index in [-0.39, 0.29) is 16.7 Å². The Morgan fingerprint density at radius 3 is 2.48 bits per heavy atom. The van der Waals surface area contributed by atoms with E-state index in [0.717, 1.165) is 0 Å². The van der Waals surface area contributed by atoms with Gasteiger partial charge in [-0.3, -0.25) is 0 Å². The lowest BCUT2D eigenvalue weighted by Crippen LogP contribution is -2.45. The molecule has 0 aromatic heterocycles. The van der Waals surface area contributed by atoms with E-state index in [1.165, 1.54) is 5.57 Å². The van der Waals surface area contributed by atoms with Gasteiger partial charge in [-0.15, -0.1) is 0 Å². The fraction of sp³-hybridized carbons (Fsp3) is 0.875. The Kier molecular flexibility index (Phi) is 6.21. The maximum absolute atomic E-state index is 6.31. The maximum atomic E-state index is 6.31. The zero-order valence-corrected chi connectivity index (χ0v) is 15.9. The monoisotopic (exact) mass is 316 g/mol. The van der Waals surface area contributed by atoms with Crippen molar-refractivity contribution in [3.8, 4) is 0 Å². The summed E-state index contributed by atoms with van der Waals surface area (Å²) in [4.78, 5) is 0. The van der Waals surface area contributed by atoms with E-state index in [2.05, 4.69) is 53.8 Å². The van der Waals surface area contributed by atoms with Crippen LogP contribution in [0.1, 0.15) is 34.6 Å². The SMILES string of the molecule is COCOC[C@@H]1O[C@@](C)(CO[Si](C)(C)C(C)(C)C)C=C1C. The molecule has 0 amide bonds. The summed E-state index contributed by atoms with van der Waals surface area (Å²) in [5, 5.41) is 0.210. The molecule has 5 heteroatoms. The van der Waals surface area contributed by atoms with Gasteiger partial charge in [0.1, 0.15) is 18.5 Å². The van der Waals surface area contributed by atoms with Gasteiger partial charge in [0, 0.05) is 7.11 Å². The molecule has 0 saturated carbocycles. The van der Waals surface area contributed by atoms with Crippen molar-refractivity contribution in [2.45, 2.75) is 64.5 Å². The number of rotatable bonds is 7. The normalized spacial score (nSPS) is 27.0. The van der Waals surface area contributed by atoms with Gasteiger partial charge in [0.2, 0.25) is 0 Å². The summed E-state index contributed by atoms with van der Waals surface area (Å²) in [7, 11) is -0.135. The molecule has 2 atom stereocenters. The Morgan fingerprint density at radius 2 is 1.95 bits per heavy atom. The van der Waals surface area contributed by atoms with Crippen molar-refractivity contribution < 1.29 is 18.6 Å². The Labute approximate surface area is 130 Å². The van der Waals surface area contributed by atoms with Crippen molar-refractivity contribution in [2.24, 2.45) is 0 Å². The van der Waals surface area contributed by atoms with Crippen molar-refractivity contribution in [2.75, 3.05) is 27.1 Å². The molecular formula is C16H32O4Si. The van der Waals surface area contributed by atoms with Crippen LogP contribution >= 0.6 is 0 Å². The molecule has 4 nitrogen and oxygen atoms in total. The topological polar surface area (TPSA) is 36.9 Å². The van der Waals surface area contributed by atoms with Crippen LogP contribution in [0.4, 0.5) is 0 Å². The Morgan fingerprint density at radius 1 is 1.33 bits per heavy atom. The molecule has 0 saturated heterocycles. The lowest BCUT2D eigenvalue weighted by molar-refractivity contribution is -0.101. The maximum Gasteiger partial charge on any atom is 0.192 e. The summed E-state index contributed by atoms with van der Waals surface area (Å²) in [6.45, 7) is 16.9. The first kappa shape index (κ1) is 18.8. The van der Waals surface area contributed by atoms with Crippen LogP contribution in [0.15, 0.2) is 11.6 Å². The molecule has 0 aromatic carbocycles. The standard InChI is InChI=1S/C16H32O4Si/c1-13-9-16(5,20-14(13)10-18-12-17-6)11-19-21(7,8)15(2,3)4/h9,14H,10-12H2,1-8H3/t14-,16+/m0/s1. The highest BCUT2D eigenvalue weighted by Crippen LogP contribution is 2.38. The first-order valence-corrected chi connectivity index (χ1v) is 10.5. The molecule has 0 aromatic rings. The second kappa shape index (κ2) is 6.92. The third kappa shape index (κ3) is 5.18. The molecule has 1 rings (SSSR count). The summed E-state index contributed by atoms with van der Waals surface area (Å²) in [5.41, 5.74) is 0.841. The van der Waals surface area contributed by atoms with Gasteiger partial charge in [0.15, 0.2) is 8.32 Å². The fourth-order valence-corrected chi connectivity index (χ4v) is 3.13. The third-order valence-electron chi connectivity index (χ3n) is 4.45. The zero-order valence-electron chi connectivity index (χ0n) is 14.9. The molecule has 0 fully saturated rings. The van der Waals surface area contributed by atoms with E-state index >= 15 is 0 Å². The van der Waals surface area contributed by atoms with Crippen LogP contribution in [0, 0.1) is 0 Å². The minimum Gasteiger partial charge on any atom is -0.414 e. The lowest BCUT2D eigenvalue weighted by Gasteiger charge is -2.38. The van der Waals surface area contributed by atoms with E-state index in [1.54, 1.807) is 7.11 Å². The number of methoxy groups -OCH3 is 1. The fourth-order valence-electron chi connectivity index (χ4n) is 2.05. The molecule has 1 heterocycles. The smallest absolute Gasteiger partial charge is 0.192 e. The Bertz CT molecular complexity index is 373. The molecule has 0 N–H and O–H groups in total. The summed E-state index contributed by atoms with van der Waals surface area (Å²) in [6, 6.07) is 0. The minimum atomic E-state index is -1.76. The largest absolute Gasteiger partial charge is 0.414 e. The van der Waals surface area contributed by atoms with E-state index in [4.69, 9.17) is 18.6 Å². The van der Waals surface area contributed by atoms with Crippen LogP contribution in [0.3, 0.4) is 0 Å². The van der Waals surface area contributed by atoms with Crippen LogP contribution in [0.2, 0.25) is 18.1 Å². The number of hydrogen-bond acceptors (Lipinski definition) is 4. The summed E-state index contributed by atoms with van der Waals surface area (Å²) in [5.74, 6) is 0. The summed E-state index contributed by atoms with van der Waals surface area (Å²) >= 11 is 0. The van der Waals surface area contributed by atoms with Crippen molar-refractivity contribution >= 4 is 8.32 Å². The minimum absolute atomic E-state index is 0.00633. The van der Waals surface area contributed by atoms with E-state index in [9.17, 15) is 0 Å². The second-order valence-electron chi connectivity index (χ2n) is 7.63. The number of ether oxygens (including phenoxy) is 3. The first-order valence-electron chi connectivity index (χ1n) is 7.58. The van der Waals surface area contributed by atoms with Gasteiger partial charge in [0.05, 0.1) is 13.2 Å². The van der Waals surface area contributed by atoms with Crippen LogP contribution in [0.25, 0.3) is 0 Å². The van der Waals surface area contributed by atoms with E-state index < -0.39 is 8.32 Å². The molecule has 0 spiro atoms. The van der Waals surface area contributed by atoms with Gasteiger partial charge in [-0.25, -0.2) is 0 Å². The van der Waals surface area contributed by atoms with Gasteiger partial charge in [-0.05, 0) is 43.6 Å². The Hall–Kier alpha value is -0.203. The second-order valence-corrected chi connectivity index (χ2v) is 12.4. The lowest BCUT2D eigenvalue weighted by atomic mass is 10.1. The van der Waals surface area contributed by atoms with E-state index in [1.807, 2.05) is 0 Å². The van der Waals surface area contributed by atoms with Crippen LogP contribution in [-0.2, 0) is 18.6 Å². The molecule has 0 bridgehead atoms. The molecule has 21 heavy (non-hydrogen) atoms. The molecule has 1 aliphatic heterocycles. The third-order valence-corrected chi connectivity index (χ3v) is 8.93. The molecular weight excluding hydrogens is 284 g/mol. The molecule has 0 radical (unpaired) electrons. The van der Waals surface area contributed by atoms with E-state index in [0.29, 0.717) is 20.0 Å². The van der Waals surface area contributed by atoms with Gasteiger partial charge < -0.3 is 18.6 Å². The predicted octanol–water partition coefficient (Wildman–Crippen LogP) is 3.73. The van der Waals surface area contributed by atoms with Gasteiger partial charge in [0.25, 0.3) is 0 Å². The van der Waals surface area contributed by atoms with Crippen molar-refractivity contribution in [3.05, 3.63) is 11.6 Å². The quantitative estimate of drug-likeness (QED) is 0.310. The first-order chi connectivity index (χ1) is 9.51. The average molecular weight is 317 g/mol. The van der Waals surface area contributed by atoms with Gasteiger partial charge in [-0.2, -0.15) is 0 Å². The molecule has 0 aliphatic carbocycles. The Balaban J connectivity index is 2.57. The van der Waals surface area contributed by atoms with Crippen molar-refractivity contribution in [3.63, 3.8) is 0 Å². The molecule has 1 aliphatic rings. The number of hydrogen-bond donors (Lipinski definition) is 0. The predicted molar refractivity (Wildman–Crippen MR) is 88.0 cm³/mol. The van der Waals surface area contributed by atoms with Crippen LogP contribution in [0.5, 0.6) is 0 Å². The van der Waals surface area contributed by atoms with Gasteiger partial charge >= 0.3 is 0 Å². The van der Waals surface area contributed by atoms with Crippen molar-refractivity contribution in [1.82, 2.24) is 0 Å². The molecule has 0 unspecified atom stereocenters. The highest BCUT2D eigenvalue weighted by Gasteiger charge is 2.41. The average Bonchev–Trinajstić information content (AvgIpc) is 2.62. The van der Waals surface area contributed by atoms with Crippen LogP contribution < -0.4 is 0 Å². The van der Waals surface area contributed by atoms with Crippen LogP contribution in [-0.4, -0.2) is 47.1 Å². The van der Waals surface area contributed by atoms with Crippen molar-refractivity contribution in [1.29, 1.82) is 0 Å². The molecule has 124 valence electrons. The summed E-state index contributed by atoms with van der Waals surface area (Å²) in [6.07, 6.45) is 2.16. The summed E-state index contributed by atoms with van der Waals surface area (Å²) < 4.78 is 22.8. The zero-order chi connectivity index (χ0) is 16.3.